The molecule has 0 aliphatic carbocycles. The molecule has 114 valence electrons. The van der Waals surface area contributed by atoms with Crippen LogP contribution in [0.3, 0.4) is 0 Å². The van der Waals surface area contributed by atoms with Crippen LogP contribution in [0.2, 0.25) is 0 Å². The highest BCUT2D eigenvalue weighted by Gasteiger charge is 2.68. The Balaban J connectivity index is 5.05. The molecule has 0 aromatic heterocycles. The summed E-state index contributed by atoms with van der Waals surface area (Å²) in [5.41, 5.74) is -4.08. The smallest absolute Gasteiger partial charge is 0.434 e. The van der Waals surface area contributed by atoms with Crippen LogP contribution in [0.5, 0.6) is 0 Å². The van der Waals surface area contributed by atoms with Gasteiger partial charge in [0.15, 0.2) is 0 Å². The van der Waals surface area contributed by atoms with Crippen LogP contribution in [0.25, 0.3) is 0 Å². The van der Waals surface area contributed by atoms with Crippen molar-refractivity contribution in [1.29, 1.82) is 0 Å². The zero-order valence-electron chi connectivity index (χ0n) is 8.05. The van der Waals surface area contributed by atoms with Gasteiger partial charge in [-0.15, -0.1) is 0 Å². The predicted octanol–water partition coefficient (Wildman–Crippen LogP) is 3.49. The van der Waals surface area contributed by atoms with E-state index in [1.807, 2.05) is 0 Å². The number of ether oxygens (including phenoxy) is 1. The molecule has 2 nitrogen and oxygen atoms in total. The van der Waals surface area contributed by atoms with Crippen molar-refractivity contribution in [2.75, 3.05) is 0 Å². The number of alkyl halides is 11. The Morgan fingerprint density at radius 1 is 0.842 bits per heavy atom. The van der Waals surface area contributed by atoms with E-state index in [0.717, 1.165) is 0 Å². The second kappa shape index (κ2) is 4.87. The maximum absolute atomic E-state index is 12.3. The van der Waals surface area contributed by atoms with Crippen LogP contribution in [-0.4, -0.2) is 35.7 Å². The molecular weight excluding hydrogens is 329 g/mol. The van der Waals surface area contributed by atoms with Crippen LogP contribution in [0.15, 0.2) is 0 Å². The summed E-state index contributed by atoms with van der Waals surface area (Å²) >= 11 is 4.19. The molecule has 1 unspecified atom stereocenters. The molecule has 0 amide bonds. The Morgan fingerprint density at radius 2 is 1.21 bits per heavy atom. The Morgan fingerprint density at radius 3 is 1.47 bits per heavy atom. The van der Waals surface area contributed by atoms with Crippen molar-refractivity contribution in [3.63, 3.8) is 0 Å². The fraction of sp³-hybridized carbons (Fsp3) is 0.833. The van der Waals surface area contributed by atoms with Gasteiger partial charge in [0.05, 0.1) is 0 Å². The molecule has 0 fully saturated rings. The molecule has 19 heavy (non-hydrogen) atoms. The highest BCUT2D eigenvalue weighted by Crippen LogP contribution is 2.42. The first-order valence-electron chi connectivity index (χ1n) is 3.79. The van der Waals surface area contributed by atoms with Crippen molar-refractivity contribution in [1.82, 2.24) is 0 Å². The van der Waals surface area contributed by atoms with Crippen LogP contribution in [0.1, 0.15) is 0 Å². The van der Waals surface area contributed by atoms with Gasteiger partial charge in [0, 0.05) is 0 Å². The number of carbonyl (C=O) groups excluding carboxylic acids is 1. The number of carbonyl (C=O) groups is 1. The zero-order valence-corrected chi connectivity index (χ0v) is 8.81. The largest absolute Gasteiger partial charge is 0.465 e. The Bertz CT molecular complexity index is 345. The maximum Gasteiger partial charge on any atom is 0.465 e. The second-order valence-electron chi connectivity index (χ2n) is 2.91. The quantitative estimate of drug-likeness (QED) is 0.450. The molecule has 0 spiro atoms. The van der Waals surface area contributed by atoms with E-state index in [0.29, 0.717) is 0 Å². The number of hydrogen-bond donors (Lipinski definition) is 0. The molecular formula is C6HClF10O2. The van der Waals surface area contributed by atoms with Crippen LogP contribution < -0.4 is 0 Å². The molecule has 0 aromatic carbocycles. The van der Waals surface area contributed by atoms with Crippen LogP contribution in [0, 0.1) is 0 Å². The van der Waals surface area contributed by atoms with Gasteiger partial charge in [0.1, 0.15) is 0 Å². The molecule has 13 heteroatoms. The topological polar surface area (TPSA) is 26.3 Å². The summed E-state index contributed by atoms with van der Waals surface area (Å²) in [7, 11) is 0. The molecule has 0 saturated carbocycles. The molecule has 0 aromatic rings. The van der Waals surface area contributed by atoms with Crippen molar-refractivity contribution >= 4 is 17.6 Å². The Labute approximate surface area is 102 Å². The second-order valence-corrected chi connectivity index (χ2v) is 3.31. The van der Waals surface area contributed by atoms with Crippen molar-refractivity contribution in [3.05, 3.63) is 0 Å². The molecule has 0 aliphatic rings. The maximum atomic E-state index is 12.3. The zero-order chi connectivity index (χ0) is 15.9. The minimum absolute atomic E-state index is 2.62. The van der Waals surface area contributed by atoms with Gasteiger partial charge >= 0.3 is 30.2 Å². The van der Waals surface area contributed by atoms with Crippen molar-refractivity contribution in [2.24, 2.45) is 0 Å². The Kier molecular flexibility index (Phi) is 4.63. The third kappa shape index (κ3) is 3.54. The molecule has 0 aliphatic heterocycles. The first kappa shape index (κ1) is 18.1. The van der Waals surface area contributed by atoms with E-state index >= 15 is 0 Å². The van der Waals surface area contributed by atoms with E-state index in [1.54, 1.807) is 0 Å². The number of hydrogen-bond acceptors (Lipinski definition) is 2. The van der Waals surface area contributed by atoms with Gasteiger partial charge in [-0.3, -0.25) is 0 Å². The minimum Gasteiger partial charge on any atom is -0.434 e. The van der Waals surface area contributed by atoms with Gasteiger partial charge in [0.25, 0.3) is 0 Å². The van der Waals surface area contributed by atoms with E-state index in [-0.39, 0.29) is 0 Å². The van der Waals surface area contributed by atoms with E-state index in [4.69, 9.17) is 0 Å². The van der Waals surface area contributed by atoms with Crippen LogP contribution in [-0.2, 0) is 9.53 Å². The lowest BCUT2D eigenvalue weighted by molar-refractivity contribution is -0.312. The number of rotatable bonds is 3. The van der Waals surface area contributed by atoms with Crippen molar-refractivity contribution in [3.8, 4) is 0 Å². The molecule has 0 bridgehead atoms. The van der Waals surface area contributed by atoms with Gasteiger partial charge in [-0.2, -0.15) is 43.9 Å². The van der Waals surface area contributed by atoms with Crippen molar-refractivity contribution in [2.45, 2.75) is 29.8 Å². The molecule has 1 atom stereocenters. The monoisotopic (exact) mass is 330 g/mol. The first-order valence-corrected chi connectivity index (χ1v) is 4.23. The van der Waals surface area contributed by atoms with E-state index < -0.39 is 35.7 Å². The summed E-state index contributed by atoms with van der Waals surface area (Å²) < 4.78 is 121. The summed E-state index contributed by atoms with van der Waals surface area (Å²) in [6, 6.07) is 0. The fourth-order valence-electron chi connectivity index (χ4n) is 0.486. The minimum atomic E-state index is -6.53. The highest BCUT2D eigenvalue weighted by atomic mass is 35.5. The number of esters is 1. The first-order chi connectivity index (χ1) is 8.05. The number of halogens is 11. The highest BCUT2D eigenvalue weighted by molar-refractivity contribution is 6.21. The van der Waals surface area contributed by atoms with Crippen LogP contribution >= 0.6 is 11.6 Å². The summed E-state index contributed by atoms with van der Waals surface area (Å²) in [5.74, 6) is -16.0. The average molecular weight is 331 g/mol. The van der Waals surface area contributed by atoms with Gasteiger partial charge < -0.3 is 4.74 Å². The Hall–Kier alpha value is -0.940. The SMILES string of the molecule is O=C(OC(Cl)C(F)(F)C(F)(F)F)C(F)(F)C(F)(F)F. The molecule has 0 saturated heterocycles. The standard InChI is InChI=1S/C6HClF10O2/c7-1(3(8,9)5(12,13)14)19-2(18)4(10,11)6(15,16)17/h1H. The van der Waals surface area contributed by atoms with Crippen molar-refractivity contribution < 1.29 is 53.4 Å². The lowest BCUT2D eigenvalue weighted by Gasteiger charge is -2.25. The van der Waals surface area contributed by atoms with E-state index in [2.05, 4.69) is 16.3 Å². The fourth-order valence-corrected chi connectivity index (χ4v) is 0.691. The average Bonchev–Trinajstić information content (AvgIpc) is 2.13. The van der Waals surface area contributed by atoms with E-state index in [9.17, 15) is 48.7 Å². The van der Waals surface area contributed by atoms with Gasteiger partial charge in [0.2, 0.25) is 5.56 Å². The molecule has 0 rings (SSSR count). The van der Waals surface area contributed by atoms with Gasteiger partial charge in [-0.05, 0) is 0 Å². The summed E-state index contributed by atoms with van der Waals surface area (Å²) in [4.78, 5) is 10.2. The molecule has 0 heterocycles. The van der Waals surface area contributed by atoms with Gasteiger partial charge in [-0.1, -0.05) is 11.6 Å². The lowest BCUT2D eigenvalue weighted by Crippen LogP contribution is -2.51. The molecule has 0 N–H and O–H groups in total. The predicted molar refractivity (Wildman–Crippen MR) is 37.7 cm³/mol. The third-order valence-corrected chi connectivity index (χ3v) is 1.85. The van der Waals surface area contributed by atoms with Gasteiger partial charge in [-0.25, -0.2) is 4.79 Å². The lowest BCUT2D eigenvalue weighted by atomic mass is 10.3. The summed E-state index contributed by atoms with van der Waals surface area (Å²) in [6.45, 7) is 0. The summed E-state index contributed by atoms with van der Waals surface area (Å²) in [6.07, 6.45) is -12.9. The molecule has 0 radical (unpaired) electrons. The third-order valence-electron chi connectivity index (χ3n) is 1.49. The summed E-state index contributed by atoms with van der Waals surface area (Å²) in [5, 5.41) is 0. The van der Waals surface area contributed by atoms with E-state index in [1.165, 1.54) is 0 Å². The van der Waals surface area contributed by atoms with Crippen LogP contribution in [0.4, 0.5) is 43.9 Å². The normalized spacial score (nSPS) is 16.2.